The van der Waals surface area contributed by atoms with Crippen LogP contribution in [0.1, 0.15) is 15.9 Å². The van der Waals surface area contributed by atoms with E-state index in [0.29, 0.717) is 0 Å². The number of ether oxygens (including phenoxy) is 1. The van der Waals surface area contributed by atoms with Gasteiger partial charge in [-0.05, 0) is 19.1 Å². The van der Waals surface area contributed by atoms with Gasteiger partial charge in [0, 0.05) is 11.3 Å². The molecule has 0 heterocycles. The second kappa shape index (κ2) is 5.63. The number of carbonyl (C=O) groups excluding carboxylic acids is 2. The zero-order chi connectivity index (χ0) is 13.0. The highest BCUT2D eigenvalue weighted by atomic mass is 35.5. The molecule has 0 aliphatic heterocycles. The number of benzene rings is 1. The molecule has 0 aliphatic carbocycles. The summed E-state index contributed by atoms with van der Waals surface area (Å²) in [6.45, 7) is 1.49. The van der Waals surface area contributed by atoms with Crippen molar-refractivity contribution in [1.82, 2.24) is 0 Å². The number of halogens is 2. The van der Waals surface area contributed by atoms with E-state index in [-0.39, 0.29) is 22.7 Å². The van der Waals surface area contributed by atoms with Crippen LogP contribution < -0.4 is 5.32 Å². The van der Waals surface area contributed by atoms with Gasteiger partial charge < -0.3 is 10.1 Å². The predicted octanol–water partition coefficient (Wildman–Crippen LogP) is 2.10. The minimum atomic E-state index is -0.676. The lowest BCUT2D eigenvalue weighted by Crippen LogP contribution is -2.15. The summed E-state index contributed by atoms with van der Waals surface area (Å²) in [6.07, 6.45) is 0. The molecule has 1 amide bonds. The van der Waals surface area contributed by atoms with Crippen LogP contribution in [0, 0.1) is 12.7 Å². The highest BCUT2D eigenvalue weighted by Gasteiger charge is 2.14. The first-order chi connectivity index (χ1) is 7.99. The average Bonchev–Trinajstić information content (AvgIpc) is 2.33. The summed E-state index contributed by atoms with van der Waals surface area (Å²) in [4.78, 5) is 22.4. The van der Waals surface area contributed by atoms with E-state index in [1.165, 1.54) is 20.1 Å². The highest BCUT2D eigenvalue weighted by molar-refractivity contribution is 6.29. The molecule has 0 aliphatic rings. The molecule has 0 fully saturated rings. The molecule has 0 spiro atoms. The minimum absolute atomic E-state index is 0.0282. The van der Waals surface area contributed by atoms with Gasteiger partial charge in [0.15, 0.2) is 0 Å². The molecule has 1 aromatic rings. The lowest BCUT2D eigenvalue weighted by molar-refractivity contribution is -0.113. The Bertz CT molecular complexity index is 462. The van der Waals surface area contributed by atoms with Crippen LogP contribution in [0.25, 0.3) is 0 Å². The average molecular weight is 260 g/mol. The van der Waals surface area contributed by atoms with Crippen LogP contribution in [0.4, 0.5) is 10.1 Å². The first-order valence-electron chi connectivity index (χ1n) is 4.74. The molecular formula is C11H11ClFNO3. The van der Waals surface area contributed by atoms with Gasteiger partial charge in [-0.2, -0.15) is 0 Å². The van der Waals surface area contributed by atoms with E-state index in [9.17, 15) is 14.0 Å². The zero-order valence-corrected chi connectivity index (χ0v) is 10.1. The van der Waals surface area contributed by atoms with E-state index in [1.807, 2.05) is 0 Å². The summed E-state index contributed by atoms with van der Waals surface area (Å²) < 4.78 is 18.0. The van der Waals surface area contributed by atoms with E-state index < -0.39 is 17.7 Å². The third-order valence-corrected chi connectivity index (χ3v) is 2.40. The Morgan fingerprint density at radius 2 is 2.12 bits per heavy atom. The van der Waals surface area contributed by atoms with Crippen molar-refractivity contribution >= 4 is 29.2 Å². The molecule has 1 N–H and O–H groups in total. The molecule has 0 saturated carbocycles. The standard InChI is InChI=1S/C11H11ClFNO3/c1-6-8(13)3-7(11(16)17-2)4-9(6)14-10(15)5-12/h3-4H,5H2,1-2H3,(H,14,15). The Balaban J connectivity index is 3.15. The molecule has 0 saturated heterocycles. The smallest absolute Gasteiger partial charge is 0.338 e. The molecule has 1 rings (SSSR count). The number of nitrogens with one attached hydrogen (secondary N) is 1. The normalized spacial score (nSPS) is 9.88. The molecule has 1 aromatic carbocycles. The van der Waals surface area contributed by atoms with Crippen molar-refractivity contribution in [1.29, 1.82) is 0 Å². The van der Waals surface area contributed by atoms with Gasteiger partial charge in [0.1, 0.15) is 11.7 Å². The second-order valence-corrected chi connectivity index (χ2v) is 3.57. The first-order valence-corrected chi connectivity index (χ1v) is 5.27. The largest absolute Gasteiger partial charge is 0.465 e. The molecule has 6 heteroatoms. The van der Waals surface area contributed by atoms with Gasteiger partial charge in [-0.25, -0.2) is 9.18 Å². The second-order valence-electron chi connectivity index (χ2n) is 3.30. The lowest BCUT2D eigenvalue weighted by atomic mass is 10.1. The van der Waals surface area contributed by atoms with Gasteiger partial charge in [-0.1, -0.05) is 0 Å². The fourth-order valence-electron chi connectivity index (χ4n) is 1.23. The van der Waals surface area contributed by atoms with Crippen LogP contribution in [-0.4, -0.2) is 24.9 Å². The molecule has 4 nitrogen and oxygen atoms in total. The van der Waals surface area contributed by atoms with Gasteiger partial charge in [-0.15, -0.1) is 11.6 Å². The predicted molar refractivity (Wildman–Crippen MR) is 61.8 cm³/mol. The van der Waals surface area contributed by atoms with Gasteiger partial charge >= 0.3 is 5.97 Å². The summed E-state index contributed by atoms with van der Waals surface area (Å²) >= 11 is 5.33. The Kier molecular flexibility index (Phi) is 4.45. The SMILES string of the molecule is COC(=O)c1cc(F)c(C)c(NC(=O)CCl)c1. The number of hydrogen-bond donors (Lipinski definition) is 1. The third-order valence-electron chi connectivity index (χ3n) is 2.16. The minimum Gasteiger partial charge on any atom is -0.465 e. The number of methoxy groups -OCH3 is 1. The molecule has 0 radical (unpaired) electrons. The van der Waals surface area contributed by atoms with Crippen LogP contribution in [0.3, 0.4) is 0 Å². The summed E-state index contributed by atoms with van der Waals surface area (Å²) in [5, 5.41) is 2.40. The number of hydrogen-bond acceptors (Lipinski definition) is 3. The van der Waals surface area contributed by atoms with Crippen molar-refractivity contribution in [3.8, 4) is 0 Å². The number of amides is 1. The Hall–Kier alpha value is -1.62. The molecule has 0 bridgehead atoms. The summed E-state index contributed by atoms with van der Waals surface area (Å²) in [6, 6.07) is 2.40. The van der Waals surface area contributed by atoms with E-state index in [1.54, 1.807) is 0 Å². The van der Waals surface area contributed by atoms with E-state index in [4.69, 9.17) is 11.6 Å². The highest BCUT2D eigenvalue weighted by Crippen LogP contribution is 2.21. The van der Waals surface area contributed by atoms with Crippen LogP contribution in [-0.2, 0) is 9.53 Å². The van der Waals surface area contributed by atoms with Gasteiger partial charge in [0.2, 0.25) is 5.91 Å². The van der Waals surface area contributed by atoms with E-state index in [0.717, 1.165) is 6.07 Å². The zero-order valence-electron chi connectivity index (χ0n) is 9.34. The summed E-state index contributed by atoms with van der Waals surface area (Å²) in [5.74, 6) is -2.00. The molecule has 0 atom stereocenters. The van der Waals surface area contributed by atoms with Crippen LogP contribution in [0.5, 0.6) is 0 Å². The van der Waals surface area contributed by atoms with Gasteiger partial charge in [-0.3, -0.25) is 4.79 Å². The quantitative estimate of drug-likeness (QED) is 0.668. The van der Waals surface area contributed by atoms with Crippen molar-refractivity contribution in [2.24, 2.45) is 0 Å². The van der Waals surface area contributed by atoms with Crippen molar-refractivity contribution < 1.29 is 18.7 Å². The van der Waals surface area contributed by atoms with Crippen molar-refractivity contribution in [2.45, 2.75) is 6.92 Å². The number of rotatable bonds is 3. The van der Waals surface area contributed by atoms with Gasteiger partial charge in [0.05, 0.1) is 12.7 Å². The topological polar surface area (TPSA) is 55.4 Å². The Morgan fingerprint density at radius 1 is 1.47 bits per heavy atom. The molecule has 17 heavy (non-hydrogen) atoms. The summed E-state index contributed by atoms with van der Waals surface area (Å²) in [7, 11) is 1.19. The van der Waals surface area contributed by atoms with Crippen molar-refractivity contribution in [2.75, 3.05) is 18.3 Å². The maximum Gasteiger partial charge on any atom is 0.338 e. The van der Waals surface area contributed by atoms with E-state index in [2.05, 4.69) is 10.1 Å². The number of esters is 1. The van der Waals surface area contributed by atoms with Crippen molar-refractivity contribution in [3.05, 3.63) is 29.1 Å². The van der Waals surface area contributed by atoms with E-state index >= 15 is 0 Å². The number of carbonyl (C=O) groups is 2. The van der Waals surface area contributed by atoms with Crippen LogP contribution in [0.15, 0.2) is 12.1 Å². The monoisotopic (exact) mass is 259 g/mol. The maximum atomic E-state index is 13.5. The fraction of sp³-hybridized carbons (Fsp3) is 0.273. The van der Waals surface area contributed by atoms with Gasteiger partial charge in [0.25, 0.3) is 0 Å². The number of alkyl halides is 1. The van der Waals surface area contributed by atoms with Crippen LogP contribution in [0.2, 0.25) is 0 Å². The fourth-order valence-corrected chi connectivity index (χ4v) is 1.29. The third kappa shape index (κ3) is 3.17. The van der Waals surface area contributed by atoms with Crippen LogP contribution >= 0.6 is 11.6 Å². The molecular weight excluding hydrogens is 249 g/mol. The lowest BCUT2D eigenvalue weighted by Gasteiger charge is -2.10. The Labute approximate surface area is 103 Å². The Morgan fingerprint density at radius 3 is 2.65 bits per heavy atom. The van der Waals surface area contributed by atoms with Crippen molar-refractivity contribution in [3.63, 3.8) is 0 Å². The number of anilines is 1. The molecule has 0 aromatic heterocycles. The molecule has 92 valence electrons. The maximum absolute atomic E-state index is 13.5. The molecule has 0 unspecified atom stereocenters. The first kappa shape index (κ1) is 13.4. The summed E-state index contributed by atoms with van der Waals surface area (Å²) in [5.41, 5.74) is 0.465.